The van der Waals surface area contributed by atoms with Gasteiger partial charge in [-0.25, -0.2) is 4.79 Å². The van der Waals surface area contributed by atoms with Crippen LogP contribution in [0.15, 0.2) is 40.9 Å². The smallest absolute Gasteiger partial charge is 0.308 e. The average Bonchev–Trinajstić information content (AvgIpc) is 2.36. The van der Waals surface area contributed by atoms with Crippen LogP contribution in [-0.2, 0) is 0 Å². The average molecular weight is 354 g/mol. The van der Waals surface area contributed by atoms with E-state index in [0.717, 1.165) is 21.3 Å². The number of hydrogen-bond acceptors (Lipinski definition) is 1. The largest absolute Gasteiger partial charge is 0.323 e. The van der Waals surface area contributed by atoms with Crippen LogP contribution in [0.1, 0.15) is 11.1 Å². The van der Waals surface area contributed by atoms with E-state index in [-0.39, 0.29) is 6.03 Å². The maximum atomic E-state index is 12.0. The fourth-order valence-corrected chi connectivity index (χ4v) is 2.73. The van der Waals surface area contributed by atoms with E-state index in [1.165, 1.54) is 0 Å². The molecule has 0 aliphatic carbocycles. The van der Waals surface area contributed by atoms with Crippen LogP contribution in [0.4, 0.5) is 16.2 Å². The third-order valence-corrected chi connectivity index (χ3v) is 3.55. The zero-order chi connectivity index (χ0) is 14.7. The van der Waals surface area contributed by atoms with E-state index in [9.17, 15) is 4.79 Å². The molecule has 0 fully saturated rings. The Labute approximate surface area is 131 Å². The first-order valence-electron chi connectivity index (χ1n) is 6.06. The molecule has 3 nitrogen and oxygen atoms in total. The Balaban J connectivity index is 2.10. The molecule has 104 valence electrons. The van der Waals surface area contributed by atoms with Gasteiger partial charge in [-0.15, -0.1) is 0 Å². The summed E-state index contributed by atoms with van der Waals surface area (Å²) >= 11 is 9.23. The second-order valence-corrected chi connectivity index (χ2v) is 5.85. The molecule has 0 saturated heterocycles. The SMILES string of the molecule is Cc1cc(Br)cc(C)c1NC(=O)Nc1ccc(Cl)cc1. The molecular weight excluding hydrogens is 340 g/mol. The summed E-state index contributed by atoms with van der Waals surface area (Å²) in [7, 11) is 0. The summed E-state index contributed by atoms with van der Waals surface area (Å²) < 4.78 is 0.996. The molecule has 2 amide bonds. The van der Waals surface area contributed by atoms with Gasteiger partial charge >= 0.3 is 6.03 Å². The summed E-state index contributed by atoms with van der Waals surface area (Å²) in [5.41, 5.74) is 3.52. The first-order chi connectivity index (χ1) is 9.45. The van der Waals surface area contributed by atoms with Gasteiger partial charge in [0.1, 0.15) is 0 Å². The van der Waals surface area contributed by atoms with E-state index >= 15 is 0 Å². The molecule has 0 saturated carbocycles. The Hall–Kier alpha value is -1.52. The van der Waals surface area contributed by atoms with Crippen LogP contribution >= 0.6 is 27.5 Å². The third kappa shape index (κ3) is 3.74. The van der Waals surface area contributed by atoms with Gasteiger partial charge in [0, 0.05) is 20.9 Å². The molecule has 0 bridgehead atoms. The first kappa shape index (κ1) is 14.9. The van der Waals surface area contributed by atoms with Crippen LogP contribution in [0.5, 0.6) is 0 Å². The van der Waals surface area contributed by atoms with Crippen molar-refractivity contribution in [2.45, 2.75) is 13.8 Å². The number of benzene rings is 2. The van der Waals surface area contributed by atoms with E-state index in [1.807, 2.05) is 26.0 Å². The van der Waals surface area contributed by atoms with Crippen LogP contribution in [0.25, 0.3) is 0 Å². The molecule has 0 spiro atoms. The van der Waals surface area contributed by atoms with Crippen LogP contribution in [0.3, 0.4) is 0 Å². The van der Waals surface area contributed by atoms with Crippen LogP contribution in [0, 0.1) is 13.8 Å². The maximum Gasteiger partial charge on any atom is 0.323 e. The predicted molar refractivity (Wildman–Crippen MR) is 87.7 cm³/mol. The zero-order valence-electron chi connectivity index (χ0n) is 11.1. The van der Waals surface area contributed by atoms with Crippen LogP contribution < -0.4 is 10.6 Å². The molecule has 0 radical (unpaired) electrons. The highest BCUT2D eigenvalue weighted by Crippen LogP contribution is 2.25. The molecule has 0 atom stereocenters. The summed E-state index contributed by atoms with van der Waals surface area (Å²) in [5.74, 6) is 0. The van der Waals surface area contributed by atoms with Gasteiger partial charge in [0.2, 0.25) is 0 Å². The fourth-order valence-electron chi connectivity index (χ4n) is 1.92. The van der Waals surface area contributed by atoms with Crippen molar-refractivity contribution in [2.75, 3.05) is 10.6 Å². The van der Waals surface area contributed by atoms with Crippen molar-refractivity contribution in [3.8, 4) is 0 Å². The number of carbonyl (C=O) groups excluding carboxylic acids is 1. The lowest BCUT2D eigenvalue weighted by Crippen LogP contribution is -2.20. The highest BCUT2D eigenvalue weighted by molar-refractivity contribution is 9.10. The molecule has 0 unspecified atom stereocenters. The number of hydrogen-bond donors (Lipinski definition) is 2. The van der Waals surface area contributed by atoms with E-state index < -0.39 is 0 Å². The summed E-state index contributed by atoms with van der Waals surface area (Å²) in [4.78, 5) is 12.0. The van der Waals surface area contributed by atoms with Crippen LogP contribution in [-0.4, -0.2) is 6.03 Å². The number of carbonyl (C=O) groups is 1. The topological polar surface area (TPSA) is 41.1 Å². The van der Waals surface area contributed by atoms with Crippen molar-refractivity contribution in [3.05, 3.63) is 57.0 Å². The Morgan fingerprint density at radius 3 is 2.15 bits per heavy atom. The molecule has 2 aromatic rings. The molecule has 0 aliphatic heterocycles. The lowest BCUT2D eigenvalue weighted by molar-refractivity contribution is 0.262. The highest BCUT2D eigenvalue weighted by atomic mass is 79.9. The number of rotatable bonds is 2. The molecule has 5 heteroatoms. The van der Waals surface area contributed by atoms with Crippen molar-refractivity contribution in [1.82, 2.24) is 0 Å². The number of halogens is 2. The minimum atomic E-state index is -0.277. The normalized spacial score (nSPS) is 10.2. The van der Waals surface area contributed by atoms with Crippen molar-refractivity contribution in [2.24, 2.45) is 0 Å². The molecule has 2 rings (SSSR count). The summed E-state index contributed by atoms with van der Waals surface area (Å²) in [6.45, 7) is 3.91. The Bertz CT molecular complexity index is 618. The third-order valence-electron chi connectivity index (χ3n) is 2.84. The molecular formula is C15H14BrClN2O. The van der Waals surface area contributed by atoms with Gasteiger partial charge in [-0.2, -0.15) is 0 Å². The van der Waals surface area contributed by atoms with Gasteiger partial charge in [0.05, 0.1) is 0 Å². The number of amides is 2. The molecule has 2 N–H and O–H groups in total. The summed E-state index contributed by atoms with van der Waals surface area (Å²) in [6, 6.07) is 10.6. The lowest BCUT2D eigenvalue weighted by Gasteiger charge is -2.13. The Kier molecular flexibility index (Phi) is 4.68. The van der Waals surface area contributed by atoms with Gasteiger partial charge in [0.25, 0.3) is 0 Å². The van der Waals surface area contributed by atoms with E-state index in [0.29, 0.717) is 10.7 Å². The monoisotopic (exact) mass is 352 g/mol. The first-order valence-corrected chi connectivity index (χ1v) is 7.23. The zero-order valence-corrected chi connectivity index (χ0v) is 13.5. The Morgan fingerprint density at radius 1 is 1.05 bits per heavy atom. The van der Waals surface area contributed by atoms with Gasteiger partial charge < -0.3 is 10.6 Å². The van der Waals surface area contributed by atoms with Gasteiger partial charge in [-0.3, -0.25) is 0 Å². The number of urea groups is 1. The second-order valence-electron chi connectivity index (χ2n) is 4.50. The van der Waals surface area contributed by atoms with Crippen molar-refractivity contribution in [3.63, 3.8) is 0 Å². The van der Waals surface area contributed by atoms with Crippen molar-refractivity contribution < 1.29 is 4.79 Å². The quantitative estimate of drug-likeness (QED) is 0.749. The molecule has 0 aliphatic rings. The predicted octanol–water partition coefficient (Wildman–Crippen LogP) is 5.36. The highest BCUT2D eigenvalue weighted by Gasteiger charge is 2.08. The molecule has 20 heavy (non-hydrogen) atoms. The summed E-state index contributed by atoms with van der Waals surface area (Å²) in [6.07, 6.45) is 0. The van der Waals surface area contributed by atoms with E-state index in [1.54, 1.807) is 24.3 Å². The number of aryl methyl sites for hydroxylation is 2. The van der Waals surface area contributed by atoms with E-state index in [4.69, 9.17) is 11.6 Å². The Morgan fingerprint density at radius 2 is 1.60 bits per heavy atom. The van der Waals surface area contributed by atoms with Gasteiger partial charge in [0.15, 0.2) is 0 Å². The van der Waals surface area contributed by atoms with Crippen molar-refractivity contribution >= 4 is 44.9 Å². The van der Waals surface area contributed by atoms with Gasteiger partial charge in [-0.1, -0.05) is 27.5 Å². The van der Waals surface area contributed by atoms with Gasteiger partial charge in [-0.05, 0) is 61.4 Å². The minimum Gasteiger partial charge on any atom is -0.308 e. The number of nitrogens with one attached hydrogen (secondary N) is 2. The van der Waals surface area contributed by atoms with Crippen LogP contribution in [0.2, 0.25) is 5.02 Å². The van der Waals surface area contributed by atoms with Crippen molar-refractivity contribution in [1.29, 1.82) is 0 Å². The molecule has 2 aromatic carbocycles. The summed E-state index contributed by atoms with van der Waals surface area (Å²) in [5, 5.41) is 6.27. The molecule has 0 heterocycles. The fraction of sp³-hybridized carbons (Fsp3) is 0.133. The lowest BCUT2D eigenvalue weighted by atomic mass is 10.1. The standard InChI is InChI=1S/C15H14BrClN2O/c1-9-7-11(16)8-10(2)14(9)19-15(20)18-13-5-3-12(17)4-6-13/h3-8H,1-2H3,(H2,18,19,20). The molecule has 0 aromatic heterocycles. The number of anilines is 2. The minimum absolute atomic E-state index is 0.277. The van der Waals surface area contributed by atoms with E-state index in [2.05, 4.69) is 26.6 Å². The maximum absolute atomic E-state index is 12.0. The second kappa shape index (κ2) is 6.29.